The van der Waals surface area contributed by atoms with Gasteiger partial charge in [-0.2, -0.15) is 0 Å². The average molecular weight is 549 g/mol. The van der Waals surface area contributed by atoms with Crippen molar-refractivity contribution in [3.05, 3.63) is 11.8 Å². The van der Waals surface area contributed by atoms with Gasteiger partial charge in [0.15, 0.2) is 8.32 Å². The molecule has 4 nitrogen and oxygen atoms in total. The van der Waals surface area contributed by atoms with Crippen LogP contribution in [0.5, 0.6) is 0 Å². The third-order valence-electron chi connectivity index (χ3n) is 11.0. The predicted octanol–water partition coefficient (Wildman–Crippen LogP) is 8.41. The molecule has 6 heteroatoms. The number of methoxy groups -OCH3 is 1. The highest BCUT2D eigenvalue weighted by Gasteiger charge is 2.63. The minimum Gasteiger partial charge on any atom is -0.548 e. The number of rotatable bonds is 8. The molecular formula is C31H56O4Si2. The van der Waals surface area contributed by atoms with E-state index in [1.165, 1.54) is 45.0 Å². The third-order valence-corrected chi connectivity index (χ3v) is 12.9. The molecule has 0 aromatic rings. The van der Waals surface area contributed by atoms with Gasteiger partial charge in [0.25, 0.3) is 0 Å². The normalized spacial score (nSPS) is 40.6. The summed E-state index contributed by atoms with van der Waals surface area (Å²) in [5.41, 5.74) is 0.712. The van der Waals surface area contributed by atoms with E-state index in [4.69, 9.17) is 13.6 Å². The van der Waals surface area contributed by atoms with E-state index in [0.717, 1.165) is 31.1 Å². The van der Waals surface area contributed by atoms with Gasteiger partial charge in [0.2, 0.25) is 8.32 Å². The Bertz CT molecular complexity index is 873. The maximum Gasteiger partial charge on any atom is 0.305 e. The van der Waals surface area contributed by atoms with Gasteiger partial charge >= 0.3 is 5.97 Å². The van der Waals surface area contributed by atoms with Crippen LogP contribution in [0.1, 0.15) is 78.6 Å². The number of carbonyl (C=O) groups is 1. The molecule has 4 rings (SSSR count). The van der Waals surface area contributed by atoms with Crippen molar-refractivity contribution in [1.82, 2.24) is 0 Å². The van der Waals surface area contributed by atoms with Crippen LogP contribution in [0.15, 0.2) is 11.8 Å². The van der Waals surface area contributed by atoms with E-state index in [9.17, 15) is 4.79 Å². The molecule has 0 saturated heterocycles. The largest absolute Gasteiger partial charge is 0.548 e. The Balaban J connectivity index is 1.62. The smallest absolute Gasteiger partial charge is 0.305 e. The Morgan fingerprint density at radius 2 is 1.68 bits per heavy atom. The molecule has 4 aliphatic rings. The summed E-state index contributed by atoms with van der Waals surface area (Å²) in [7, 11) is -1.78. The number of hydrogen-bond donors (Lipinski definition) is 0. The standard InChI is InChI=1S/C31H56O4Si2/c1-21(11-14-28(32)33-4)24-12-13-25-29-26(16-18-31(24,25)3)30(2)17-15-23(34-36(5,6)7)19-22(30)20-27(29)35-37(8,9)10/h19,21-22,24-27,29H,11-18,20H2,1-10H3/t21?,22-,24+,25?,26?,27+,29?,30-,31+/m0/s1. The summed E-state index contributed by atoms with van der Waals surface area (Å²) in [6.45, 7) is 21.7. The van der Waals surface area contributed by atoms with Crippen LogP contribution in [0.2, 0.25) is 39.3 Å². The molecule has 9 atom stereocenters. The first kappa shape index (κ1) is 29.4. The molecule has 0 N–H and O–H groups in total. The second-order valence-electron chi connectivity index (χ2n) is 15.6. The van der Waals surface area contributed by atoms with E-state index < -0.39 is 16.6 Å². The highest BCUT2D eigenvalue weighted by molar-refractivity contribution is 6.70. The van der Waals surface area contributed by atoms with Crippen molar-refractivity contribution in [2.75, 3.05) is 7.11 Å². The minimum atomic E-state index is -1.69. The van der Waals surface area contributed by atoms with Crippen molar-refractivity contribution in [3.8, 4) is 0 Å². The van der Waals surface area contributed by atoms with Crippen LogP contribution >= 0.6 is 0 Å². The van der Waals surface area contributed by atoms with Gasteiger partial charge in [-0.1, -0.05) is 20.8 Å². The second-order valence-corrected chi connectivity index (χ2v) is 24.5. The molecule has 0 aromatic carbocycles. The van der Waals surface area contributed by atoms with E-state index in [-0.39, 0.29) is 5.97 Å². The Morgan fingerprint density at radius 3 is 2.30 bits per heavy atom. The van der Waals surface area contributed by atoms with Crippen molar-refractivity contribution < 1.29 is 18.4 Å². The number of esters is 1. The number of allylic oxidation sites excluding steroid dienone is 2. The maximum atomic E-state index is 11.9. The van der Waals surface area contributed by atoms with Gasteiger partial charge in [0, 0.05) is 18.9 Å². The van der Waals surface area contributed by atoms with Crippen LogP contribution < -0.4 is 0 Å². The molecule has 0 radical (unpaired) electrons. The fourth-order valence-electron chi connectivity index (χ4n) is 9.45. The summed E-state index contributed by atoms with van der Waals surface area (Å²) in [5.74, 6) is 5.17. The zero-order chi connectivity index (χ0) is 27.4. The van der Waals surface area contributed by atoms with E-state index in [1.54, 1.807) is 0 Å². The Kier molecular flexibility index (Phi) is 8.28. The van der Waals surface area contributed by atoms with Gasteiger partial charge < -0.3 is 13.6 Å². The molecule has 0 amide bonds. The molecule has 3 fully saturated rings. The molecule has 4 aliphatic carbocycles. The highest BCUT2D eigenvalue weighted by Crippen LogP contribution is 2.68. The molecule has 3 saturated carbocycles. The minimum absolute atomic E-state index is 0.0621. The van der Waals surface area contributed by atoms with E-state index in [0.29, 0.717) is 47.0 Å². The van der Waals surface area contributed by atoms with Crippen molar-refractivity contribution in [2.45, 2.75) is 124 Å². The number of carbonyl (C=O) groups excluding carboxylic acids is 1. The van der Waals surface area contributed by atoms with Crippen molar-refractivity contribution >= 4 is 22.6 Å². The number of fused-ring (bicyclic) bond motifs is 5. The molecule has 0 aromatic heterocycles. The summed E-state index contributed by atoms with van der Waals surface area (Å²) in [5, 5.41) is 0. The lowest BCUT2D eigenvalue weighted by atomic mass is 9.44. The van der Waals surface area contributed by atoms with Gasteiger partial charge in [0.05, 0.1) is 12.9 Å². The lowest BCUT2D eigenvalue weighted by Gasteiger charge is -2.62. The molecule has 0 bridgehead atoms. The summed E-state index contributed by atoms with van der Waals surface area (Å²) in [6, 6.07) is 0. The SMILES string of the molecule is COC(=O)CCC(C)[C@H]1CCC2C3C(CC[C@@]21C)[C@@]1(C)CCC(O[Si](C)(C)C)=C[C@H]1C[C@H]3O[Si](C)(C)C. The Hall–Kier alpha value is -0.596. The molecule has 0 heterocycles. The quantitative estimate of drug-likeness (QED) is 0.226. The summed E-state index contributed by atoms with van der Waals surface area (Å²) in [6.07, 6.45) is 13.2. The van der Waals surface area contributed by atoms with Gasteiger partial charge in [-0.3, -0.25) is 4.79 Å². The monoisotopic (exact) mass is 548 g/mol. The van der Waals surface area contributed by atoms with Crippen LogP contribution in [-0.2, 0) is 18.4 Å². The topological polar surface area (TPSA) is 44.8 Å². The fraction of sp³-hybridized carbons (Fsp3) is 0.903. The van der Waals surface area contributed by atoms with Gasteiger partial charge in [-0.25, -0.2) is 0 Å². The van der Waals surface area contributed by atoms with Crippen LogP contribution in [-0.4, -0.2) is 35.8 Å². The van der Waals surface area contributed by atoms with Crippen molar-refractivity contribution in [3.63, 3.8) is 0 Å². The van der Waals surface area contributed by atoms with Gasteiger partial charge in [-0.15, -0.1) is 0 Å². The number of hydrogen-bond acceptors (Lipinski definition) is 4. The predicted molar refractivity (Wildman–Crippen MR) is 157 cm³/mol. The molecule has 37 heavy (non-hydrogen) atoms. The summed E-state index contributed by atoms with van der Waals surface area (Å²) < 4.78 is 18.6. The zero-order valence-electron chi connectivity index (χ0n) is 25.6. The highest BCUT2D eigenvalue weighted by atomic mass is 28.4. The summed E-state index contributed by atoms with van der Waals surface area (Å²) >= 11 is 0. The van der Waals surface area contributed by atoms with E-state index in [1.807, 2.05) is 0 Å². The fourth-order valence-corrected chi connectivity index (χ4v) is 11.6. The first-order valence-electron chi connectivity index (χ1n) is 15.2. The first-order chi connectivity index (χ1) is 17.1. The van der Waals surface area contributed by atoms with Crippen molar-refractivity contribution in [2.24, 2.45) is 46.3 Å². The van der Waals surface area contributed by atoms with Gasteiger partial charge in [0.1, 0.15) is 0 Å². The zero-order valence-corrected chi connectivity index (χ0v) is 27.6. The van der Waals surface area contributed by atoms with E-state index in [2.05, 4.69) is 66.1 Å². The molecular weight excluding hydrogens is 493 g/mol. The van der Waals surface area contributed by atoms with E-state index >= 15 is 0 Å². The summed E-state index contributed by atoms with van der Waals surface area (Å²) in [4.78, 5) is 11.9. The van der Waals surface area contributed by atoms with Crippen LogP contribution in [0, 0.1) is 46.3 Å². The lowest BCUT2D eigenvalue weighted by Crippen LogP contribution is -2.59. The molecule has 0 aliphatic heterocycles. The van der Waals surface area contributed by atoms with Gasteiger partial charge in [-0.05, 0) is 137 Å². The number of ether oxygens (including phenoxy) is 1. The Morgan fingerprint density at radius 1 is 1.00 bits per heavy atom. The maximum absolute atomic E-state index is 11.9. The van der Waals surface area contributed by atoms with Crippen LogP contribution in [0.4, 0.5) is 0 Å². The third kappa shape index (κ3) is 5.96. The van der Waals surface area contributed by atoms with Crippen LogP contribution in [0.3, 0.4) is 0 Å². The second kappa shape index (κ2) is 10.4. The molecule has 0 spiro atoms. The molecule has 4 unspecified atom stereocenters. The van der Waals surface area contributed by atoms with Crippen LogP contribution in [0.25, 0.3) is 0 Å². The lowest BCUT2D eigenvalue weighted by molar-refractivity contribution is -0.146. The first-order valence-corrected chi connectivity index (χ1v) is 22.0. The molecule has 212 valence electrons. The average Bonchev–Trinajstić information content (AvgIpc) is 3.13. The van der Waals surface area contributed by atoms with Crippen molar-refractivity contribution in [1.29, 1.82) is 0 Å². The Labute approximate surface area is 229 Å².